The van der Waals surface area contributed by atoms with Gasteiger partial charge in [0.2, 0.25) is 0 Å². The van der Waals surface area contributed by atoms with Gasteiger partial charge in [0.1, 0.15) is 5.82 Å². The fraction of sp³-hybridized carbons (Fsp3) is 0.500. The van der Waals surface area contributed by atoms with Gasteiger partial charge in [-0.25, -0.2) is 13.1 Å². The van der Waals surface area contributed by atoms with Crippen molar-refractivity contribution >= 4 is 13.7 Å². The Kier molecular flexibility index (Phi) is 2.98. The Morgan fingerprint density at radius 2 is 2.00 bits per heavy atom. The van der Waals surface area contributed by atoms with Crippen LogP contribution in [0.3, 0.4) is 0 Å². The van der Waals surface area contributed by atoms with Gasteiger partial charge < -0.3 is 4.90 Å². The minimum absolute atomic E-state index is 0.0128. The van der Waals surface area contributed by atoms with E-state index in [0.29, 0.717) is 0 Å². The summed E-state index contributed by atoms with van der Waals surface area (Å²) in [5.74, 6) is 0.981. The van der Waals surface area contributed by atoms with E-state index in [4.69, 9.17) is 0 Å². The van der Waals surface area contributed by atoms with Gasteiger partial charge in [0.25, 0.3) is 0 Å². The number of nitrogens with zero attached hydrogens (tertiary/aromatic N) is 1. The SMILES string of the molecule is CCCN1C=CS2(C)(C)=C1c1ccc(F)cc1C(C)(C)C2. The summed E-state index contributed by atoms with van der Waals surface area (Å²) in [6, 6.07) is 5.36. The van der Waals surface area contributed by atoms with E-state index in [2.05, 4.69) is 49.8 Å². The molecule has 0 aromatic heterocycles. The first kappa shape index (κ1) is 14.8. The molecule has 0 atom stereocenters. The second-order valence-electron chi connectivity index (χ2n) is 7.80. The average Bonchev–Trinajstić information content (AvgIpc) is 2.62. The highest BCUT2D eigenvalue weighted by molar-refractivity contribution is 8.49. The predicted molar refractivity (Wildman–Crippen MR) is 94.0 cm³/mol. The van der Waals surface area contributed by atoms with E-state index < -0.39 is 8.75 Å². The molecule has 0 amide bonds. The van der Waals surface area contributed by atoms with Crippen LogP contribution in [0.1, 0.15) is 38.3 Å². The molecule has 3 heteroatoms. The van der Waals surface area contributed by atoms with E-state index in [9.17, 15) is 4.39 Å². The van der Waals surface area contributed by atoms with Crippen molar-refractivity contribution in [3.8, 4) is 0 Å². The molecule has 0 N–H and O–H groups in total. The second-order valence-corrected chi connectivity index (χ2v) is 13.3. The van der Waals surface area contributed by atoms with Crippen LogP contribution in [0, 0.1) is 5.82 Å². The Balaban J connectivity index is 2.33. The van der Waals surface area contributed by atoms with E-state index in [1.807, 2.05) is 6.07 Å². The third-order valence-corrected chi connectivity index (χ3v) is 9.11. The minimum atomic E-state index is -1.77. The summed E-state index contributed by atoms with van der Waals surface area (Å²) >= 11 is 0. The van der Waals surface area contributed by atoms with Gasteiger partial charge in [-0.05, 0) is 59.3 Å². The van der Waals surface area contributed by atoms with Crippen molar-refractivity contribution in [2.75, 3.05) is 24.8 Å². The maximum atomic E-state index is 13.8. The van der Waals surface area contributed by atoms with E-state index in [-0.39, 0.29) is 11.2 Å². The smallest absolute Gasteiger partial charge is 0.123 e. The van der Waals surface area contributed by atoms with Crippen LogP contribution in [-0.4, -0.2) is 34.7 Å². The molecule has 1 aromatic carbocycles. The lowest BCUT2D eigenvalue weighted by molar-refractivity contribution is 0.548. The zero-order valence-electron chi connectivity index (χ0n) is 13.7. The van der Waals surface area contributed by atoms with Crippen LogP contribution in [0.15, 0.2) is 29.8 Å². The Morgan fingerprint density at radius 3 is 2.67 bits per heavy atom. The second kappa shape index (κ2) is 4.22. The molecular formula is C18H26FNS. The highest BCUT2D eigenvalue weighted by Gasteiger charge is 2.44. The number of halogens is 1. The molecule has 116 valence electrons. The van der Waals surface area contributed by atoms with Gasteiger partial charge in [-0.1, -0.05) is 20.8 Å². The summed E-state index contributed by atoms with van der Waals surface area (Å²) in [4.78, 5) is 3.86. The molecule has 0 bridgehead atoms. The van der Waals surface area contributed by atoms with E-state index >= 15 is 0 Å². The molecule has 3 rings (SSSR count). The molecule has 2 heterocycles. The maximum absolute atomic E-state index is 13.8. The van der Waals surface area contributed by atoms with Crippen molar-refractivity contribution in [3.63, 3.8) is 0 Å². The first-order valence-corrected chi connectivity index (χ1v) is 10.8. The Bertz CT molecular complexity index is 706. The summed E-state index contributed by atoms with van der Waals surface area (Å²) in [7, 11) is -1.77. The lowest BCUT2D eigenvalue weighted by Gasteiger charge is -2.51. The topological polar surface area (TPSA) is 3.24 Å². The third-order valence-electron chi connectivity index (χ3n) is 4.78. The summed E-state index contributed by atoms with van der Waals surface area (Å²) in [6.07, 6.45) is 8.27. The first-order valence-electron chi connectivity index (χ1n) is 7.66. The van der Waals surface area contributed by atoms with Crippen molar-refractivity contribution in [1.82, 2.24) is 4.90 Å². The van der Waals surface area contributed by atoms with Gasteiger partial charge >= 0.3 is 0 Å². The van der Waals surface area contributed by atoms with Crippen molar-refractivity contribution in [2.45, 2.75) is 32.6 Å². The van der Waals surface area contributed by atoms with Gasteiger partial charge in [0.15, 0.2) is 0 Å². The van der Waals surface area contributed by atoms with Crippen molar-refractivity contribution in [3.05, 3.63) is 46.8 Å². The average molecular weight is 307 g/mol. The number of rotatable bonds is 2. The maximum Gasteiger partial charge on any atom is 0.123 e. The van der Waals surface area contributed by atoms with Crippen LogP contribution >= 0.6 is 8.75 Å². The normalized spacial score (nSPS) is 25.9. The molecule has 2 aliphatic rings. The summed E-state index contributed by atoms with van der Waals surface area (Å²) in [5, 5.41) is 2.45. The van der Waals surface area contributed by atoms with E-state index in [1.165, 1.54) is 16.1 Å². The number of hydrogen-bond donors (Lipinski definition) is 0. The van der Waals surface area contributed by atoms with Gasteiger partial charge in [-0.2, -0.15) is 0 Å². The molecule has 0 spiro atoms. The van der Waals surface area contributed by atoms with Crippen molar-refractivity contribution < 1.29 is 4.39 Å². The highest BCUT2D eigenvalue weighted by Crippen LogP contribution is 2.65. The van der Waals surface area contributed by atoms with E-state index in [1.54, 1.807) is 12.1 Å². The molecular weight excluding hydrogens is 281 g/mol. The Hall–Kier alpha value is -1.09. The van der Waals surface area contributed by atoms with Crippen LogP contribution in [0.2, 0.25) is 0 Å². The summed E-state index contributed by atoms with van der Waals surface area (Å²) < 4.78 is 13.8. The third kappa shape index (κ3) is 2.09. The quantitative estimate of drug-likeness (QED) is 0.732. The molecule has 0 aliphatic carbocycles. The molecule has 1 nitrogen and oxygen atoms in total. The number of fused-ring (bicyclic) bond motifs is 2. The van der Waals surface area contributed by atoms with E-state index in [0.717, 1.165) is 18.7 Å². The summed E-state index contributed by atoms with van der Waals surface area (Å²) in [6.45, 7) is 7.77. The molecule has 2 aliphatic heterocycles. The highest BCUT2D eigenvalue weighted by atomic mass is 32.3. The van der Waals surface area contributed by atoms with Crippen molar-refractivity contribution in [1.29, 1.82) is 0 Å². The molecule has 0 radical (unpaired) electrons. The van der Waals surface area contributed by atoms with Gasteiger partial charge in [-0.3, -0.25) is 0 Å². The minimum Gasteiger partial charge on any atom is -0.343 e. The lowest BCUT2D eigenvalue weighted by atomic mass is 9.83. The van der Waals surface area contributed by atoms with Crippen LogP contribution < -0.4 is 0 Å². The van der Waals surface area contributed by atoms with Gasteiger partial charge in [-0.15, -0.1) is 0 Å². The Morgan fingerprint density at radius 1 is 1.29 bits per heavy atom. The zero-order valence-corrected chi connectivity index (χ0v) is 14.6. The van der Waals surface area contributed by atoms with Crippen molar-refractivity contribution in [2.24, 2.45) is 0 Å². The fourth-order valence-corrected chi connectivity index (χ4v) is 9.38. The standard InChI is InChI=1S/C18H26FNS/c1-6-9-20-10-11-21(4,5)13-18(2,3)16-12-14(19)7-8-15(16)17(20)21/h7-8,10-12H,6,9,13H2,1-5H3. The first-order chi connectivity index (χ1) is 9.66. The molecule has 0 fully saturated rings. The van der Waals surface area contributed by atoms with Gasteiger partial charge in [0, 0.05) is 18.3 Å². The number of hydrogen-bond acceptors (Lipinski definition) is 1. The lowest BCUT2D eigenvalue weighted by Crippen LogP contribution is -2.41. The van der Waals surface area contributed by atoms with Crippen LogP contribution in [-0.2, 0) is 5.41 Å². The van der Waals surface area contributed by atoms with Gasteiger partial charge in [0.05, 0.1) is 4.99 Å². The number of benzene rings is 1. The molecule has 0 saturated heterocycles. The molecule has 21 heavy (non-hydrogen) atoms. The predicted octanol–water partition coefficient (Wildman–Crippen LogP) is 4.39. The zero-order chi connectivity index (χ0) is 15.5. The fourth-order valence-electron chi connectivity index (χ4n) is 4.29. The molecule has 0 saturated carbocycles. The van der Waals surface area contributed by atoms with Crippen LogP contribution in [0.4, 0.5) is 4.39 Å². The molecule has 1 aromatic rings. The summed E-state index contributed by atoms with van der Waals surface area (Å²) in [5.41, 5.74) is 2.44. The monoisotopic (exact) mass is 307 g/mol. The largest absolute Gasteiger partial charge is 0.343 e. The Labute approximate surface area is 127 Å². The van der Waals surface area contributed by atoms with Crippen LogP contribution in [0.5, 0.6) is 0 Å². The van der Waals surface area contributed by atoms with Crippen LogP contribution in [0.25, 0.3) is 0 Å². The molecule has 0 unspecified atom stereocenters.